The smallest absolute Gasteiger partial charge is 0.244 e. The van der Waals surface area contributed by atoms with Gasteiger partial charge in [-0.1, -0.05) is 11.6 Å². The lowest BCUT2D eigenvalue weighted by Crippen LogP contribution is -2.27. The van der Waals surface area contributed by atoms with E-state index in [9.17, 15) is 4.79 Å². The molecule has 5 heteroatoms. The third-order valence-corrected chi connectivity index (χ3v) is 2.63. The molecule has 3 N–H and O–H groups in total. The second-order valence-electron chi connectivity index (χ2n) is 2.55. The first kappa shape index (κ1) is 11.2. The van der Waals surface area contributed by atoms with Gasteiger partial charge in [0.15, 0.2) is 0 Å². The Labute approximate surface area is 91.6 Å². The molecule has 1 heterocycles. The number of thiophene rings is 1. The Hall–Kier alpha value is -0.840. The number of nitrogens with two attached hydrogens (primary N) is 1. The van der Waals surface area contributed by atoms with Crippen LogP contribution in [0.2, 0.25) is 4.34 Å². The van der Waals surface area contributed by atoms with E-state index in [1.165, 1.54) is 17.4 Å². The summed E-state index contributed by atoms with van der Waals surface area (Å²) in [6, 6.07) is 3.66. The molecule has 0 saturated heterocycles. The van der Waals surface area contributed by atoms with Gasteiger partial charge in [-0.2, -0.15) is 0 Å². The lowest BCUT2D eigenvalue weighted by atomic mass is 10.4. The molecule has 1 aromatic heterocycles. The van der Waals surface area contributed by atoms with Crippen molar-refractivity contribution in [2.45, 2.75) is 0 Å². The number of nitrogens with one attached hydrogen (secondary N) is 1. The summed E-state index contributed by atoms with van der Waals surface area (Å²) in [5.41, 5.74) is 5.23. The van der Waals surface area contributed by atoms with Crippen LogP contribution in [0.15, 0.2) is 18.2 Å². The first-order chi connectivity index (χ1) is 6.72. The Kier molecular flexibility index (Phi) is 4.65. The minimum absolute atomic E-state index is 0.139. The zero-order valence-electron chi connectivity index (χ0n) is 7.50. The lowest BCUT2D eigenvalue weighted by molar-refractivity contribution is -0.116. The summed E-state index contributed by atoms with van der Waals surface area (Å²) in [5, 5.41) is 2.63. The summed E-state index contributed by atoms with van der Waals surface area (Å²) in [5.74, 6) is -0.139. The predicted molar refractivity (Wildman–Crippen MR) is 60.4 cm³/mol. The Morgan fingerprint density at radius 3 is 3.00 bits per heavy atom. The van der Waals surface area contributed by atoms with Crippen molar-refractivity contribution in [1.82, 2.24) is 5.32 Å². The Morgan fingerprint density at radius 1 is 1.64 bits per heavy atom. The summed E-state index contributed by atoms with van der Waals surface area (Å²) in [4.78, 5) is 12.1. The van der Waals surface area contributed by atoms with Gasteiger partial charge in [0.1, 0.15) is 0 Å². The van der Waals surface area contributed by atoms with Crippen LogP contribution >= 0.6 is 22.9 Å². The first-order valence-electron chi connectivity index (χ1n) is 4.13. The molecule has 76 valence electrons. The van der Waals surface area contributed by atoms with E-state index in [0.717, 1.165) is 4.88 Å². The number of amides is 1. The van der Waals surface area contributed by atoms with Crippen LogP contribution < -0.4 is 11.1 Å². The highest BCUT2D eigenvalue weighted by molar-refractivity contribution is 7.17. The maximum Gasteiger partial charge on any atom is 0.244 e. The van der Waals surface area contributed by atoms with Crippen LogP contribution in [-0.2, 0) is 4.79 Å². The van der Waals surface area contributed by atoms with E-state index in [2.05, 4.69) is 5.32 Å². The second kappa shape index (κ2) is 5.80. The number of halogens is 1. The molecular formula is C9H11ClN2OS. The van der Waals surface area contributed by atoms with E-state index in [1.807, 2.05) is 6.07 Å². The van der Waals surface area contributed by atoms with Crippen molar-refractivity contribution in [3.05, 3.63) is 27.4 Å². The summed E-state index contributed by atoms with van der Waals surface area (Å²) in [6.07, 6.45) is 3.19. The molecule has 3 nitrogen and oxygen atoms in total. The molecule has 0 spiro atoms. The molecule has 0 aliphatic carbocycles. The molecule has 14 heavy (non-hydrogen) atoms. The van der Waals surface area contributed by atoms with Crippen molar-refractivity contribution in [2.24, 2.45) is 5.73 Å². The molecule has 0 aromatic carbocycles. The fourth-order valence-electron chi connectivity index (χ4n) is 0.830. The van der Waals surface area contributed by atoms with Gasteiger partial charge in [-0.25, -0.2) is 0 Å². The van der Waals surface area contributed by atoms with Crippen molar-refractivity contribution in [3.8, 4) is 0 Å². The zero-order valence-corrected chi connectivity index (χ0v) is 9.07. The first-order valence-corrected chi connectivity index (χ1v) is 5.33. The summed E-state index contributed by atoms with van der Waals surface area (Å²) < 4.78 is 0.715. The van der Waals surface area contributed by atoms with E-state index in [0.29, 0.717) is 17.4 Å². The number of rotatable bonds is 4. The maximum atomic E-state index is 11.1. The number of hydrogen-bond acceptors (Lipinski definition) is 3. The van der Waals surface area contributed by atoms with Gasteiger partial charge in [0.05, 0.1) is 4.34 Å². The molecule has 0 unspecified atom stereocenters. The lowest BCUT2D eigenvalue weighted by Gasteiger charge is -1.96. The third kappa shape index (κ3) is 3.91. The monoisotopic (exact) mass is 230 g/mol. The van der Waals surface area contributed by atoms with Crippen molar-refractivity contribution in [1.29, 1.82) is 0 Å². The summed E-state index contributed by atoms with van der Waals surface area (Å²) in [7, 11) is 0. The molecule has 1 rings (SSSR count). The summed E-state index contributed by atoms with van der Waals surface area (Å²) in [6.45, 7) is 0.943. The zero-order chi connectivity index (χ0) is 10.4. The minimum atomic E-state index is -0.139. The topological polar surface area (TPSA) is 55.1 Å². The molecule has 0 aliphatic heterocycles. The van der Waals surface area contributed by atoms with Gasteiger partial charge in [0.25, 0.3) is 0 Å². The maximum absolute atomic E-state index is 11.1. The highest BCUT2D eigenvalue weighted by Gasteiger charge is 1.95. The average Bonchev–Trinajstić information content (AvgIpc) is 2.58. The number of carbonyl (C=O) groups excluding carboxylic acids is 1. The van der Waals surface area contributed by atoms with Crippen LogP contribution in [0.4, 0.5) is 0 Å². The summed E-state index contributed by atoms with van der Waals surface area (Å²) >= 11 is 7.15. The molecule has 0 saturated carbocycles. The molecule has 1 amide bonds. The fraction of sp³-hybridized carbons (Fsp3) is 0.222. The SMILES string of the molecule is NCCNC(=O)/C=C/c1ccc(Cl)s1. The van der Waals surface area contributed by atoms with Gasteiger partial charge < -0.3 is 11.1 Å². The van der Waals surface area contributed by atoms with Crippen molar-refractivity contribution < 1.29 is 4.79 Å². The second-order valence-corrected chi connectivity index (χ2v) is 4.30. The molecule has 0 atom stereocenters. The van der Waals surface area contributed by atoms with Crippen molar-refractivity contribution >= 4 is 34.9 Å². The Bertz CT molecular complexity index is 335. The minimum Gasteiger partial charge on any atom is -0.351 e. The highest BCUT2D eigenvalue weighted by atomic mass is 35.5. The van der Waals surface area contributed by atoms with Crippen LogP contribution in [0, 0.1) is 0 Å². The highest BCUT2D eigenvalue weighted by Crippen LogP contribution is 2.22. The van der Waals surface area contributed by atoms with Crippen LogP contribution in [0.25, 0.3) is 6.08 Å². The van der Waals surface area contributed by atoms with Gasteiger partial charge in [-0.3, -0.25) is 4.79 Å². The van der Waals surface area contributed by atoms with Crippen molar-refractivity contribution in [2.75, 3.05) is 13.1 Å². The van der Waals surface area contributed by atoms with Gasteiger partial charge >= 0.3 is 0 Å². The molecule has 1 aromatic rings. The van der Waals surface area contributed by atoms with Crippen molar-refractivity contribution in [3.63, 3.8) is 0 Å². The van der Waals surface area contributed by atoms with E-state index in [4.69, 9.17) is 17.3 Å². The van der Waals surface area contributed by atoms with E-state index < -0.39 is 0 Å². The van der Waals surface area contributed by atoms with Gasteiger partial charge in [-0.15, -0.1) is 11.3 Å². The average molecular weight is 231 g/mol. The van der Waals surface area contributed by atoms with Crippen LogP contribution in [-0.4, -0.2) is 19.0 Å². The van der Waals surface area contributed by atoms with Gasteiger partial charge in [0, 0.05) is 24.0 Å². The quantitative estimate of drug-likeness (QED) is 0.770. The van der Waals surface area contributed by atoms with Gasteiger partial charge in [0.2, 0.25) is 5.91 Å². The molecule has 0 aliphatic rings. The van der Waals surface area contributed by atoms with Crippen LogP contribution in [0.3, 0.4) is 0 Å². The Balaban J connectivity index is 2.43. The molecule has 0 fully saturated rings. The predicted octanol–water partition coefficient (Wildman–Crippen LogP) is 1.49. The van der Waals surface area contributed by atoms with Gasteiger partial charge in [-0.05, 0) is 18.2 Å². The third-order valence-electron chi connectivity index (χ3n) is 1.44. The van der Waals surface area contributed by atoms with E-state index >= 15 is 0 Å². The van der Waals surface area contributed by atoms with E-state index in [-0.39, 0.29) is 5.91 Å². The normalized spacial score (nSPS) is 10.7. The largest absolute Gasteiger partial charge is 0.351 e. The number of carbonyl (C=O) groups is 1. The fourth-order valence-corrected chi connectivity index (χ4v) is 1.79. The molecule has 0 bridgehead atoms. The molecular weight excluding hydrogens is 220 g/mol. The van der Waals surface area contributed by atoms with E-state index in [1.54, 1.807) is 12.1 Å². The Morgan fingerprint density at radius 2 is 2.43 bits per heavy atom. The molecule has 0 radical (unpaired) electrons. The van der Waals surface area contributed by atoms with Crippen LogP contribution in [0.5, 0.6) is 0 Å². The van der Waals surface area contributed by atoms with Crippen LogP contribution in [0.1, 0.15) is 4.88 Å². The standard InChI is InChI=1S/C9H11ClN2OS/c10-8-3-1-7(14-8)2-4-9(13)12-6-5-11/h1-4H,5-6,11H2,(H,12,13)/b4-2+. The number of hydrogen-bond donors (Lipinski definition) is 2.